The van der Waals surface area contributed by atoms with Crippen molar-refractivity contribution in [3.05, 3.63) is 65.7 Å². The van der Waals surface area contributed by atoms with Crippen molar-refractivity contribution in [2.75, 3.05) is 5.01 Å². The molecule has 1 heterocycles. The number of carbonyl (C=O) groups is 2. The summed E-state index contributed by atoms with van der Waals surface area (Å²) in [6, 6.07) is 17.0. The zero-order chi connectivity index (χ0) is 17.8. The van der Waals surface area contributed by atoms with Crippen molar-refractivity contribution in [3.63, 3.8) is 0 Å². The summed E-state index contributed by atoms with van der Waals surface area (Å²) in [6.07, 6.45) is 0.633. The molecule has 2 aromatic carbocycles. The first-order chi connectivity index (χ1) is 12.1. The predicted molar refractivity (Wildman–Crippen MR) is 98.3 cm³/mol. The molecule has 3 rings (SSSR count). The molecule has 0 radical (unpaired) electrons. The first-order valence-corrected chi connectivity index (χ1v) is 8.38. The molecule has 0 aromatic heterocycles. The Kier molecular flexibility index (Phi) is 4.93. The molecule has 5 nitrogen and oxygen atoms in total. The fraction of sp³-hybridized carbons (Fsp3) is 0.250. The number of carbonyl (C=O) groups excluding carboxylic acids is 2. The van der Waals surface area contributed by atoms with Crippen molar-refractivity contribution in [3.8, 4) is 0 Å². The minimum Gasteiger partial charge on any atom is -0.344 e. The molecule has 0 saturated carbocycles. The van der Waals surface area contributed by atoms with Gasteiger partial charge in [-0.25, -0.2) is 5.01 Å². The van der Waals surface area contributed by atoms with E-state index in [-0.39, 0.29) is 24.3 Å². The summed E-state index contributed by atoms with van der Waals surface area (Å²) < 4.78 is 0. The van der Waals surface area contributed by atoms with Crippen LogP contribution in [0.2, 0.25) is 0 Å². The largest absolute Gasteiger partial charge is 0.344 e. The second kappa shape index (κ2) is 7.30. The van der Waals surface area contributed by atoms with Crippen LogP contribution in [0.5, 0.6) is 0 Å². The summed E-state index contributed by atoms with van der Waals surface area (Å²) in [7, 11) is 0. The number of nitrogens with one attached hydrogen (secondary N) is 1. The number of aryl methyl sites for hydroxylation is 1. The highest BCUT2D eigenvalue weighted by Gasteiger charge is 2.26. The minimum absolute atomic E-state index is 0.102. The number of amides is 2. The monoisotopic (exact) mass is 335 g/mol. The van der Waals surface area contributed by atoms with E-state index in [2.05, 4.69) is 10.4 Å². The van der Waals surface area contributed by atoms with Crippen molar-refractivity contribution < 1.29 is 9.59 Å². The average molecular weight is 335 g/mol. The molecule has 1 aliphatic heterocycles. The number of para-hydroxylation sites is 1. The van der Waals surface area contributed by atoms with Gasteiger partial charge in [-0.05, 0) is 37.1 Å². The van der Waals surface area contributed by atoms with Crippen LogP contribution in [0.1, 0.15) is 36.9 Å². The highest BCUT2D eigenvalue weighted by Crippen LogP contribution is 2.21. The number of rotatable bonds is 4. The third-order valence-corrected chi connectivity index (χ3v) is 4.30. The van der Waals surface area contributed by atoms with Gasteiger partial charge < -0.3 is 5.32 Å². The highest BCUT2D eigenvalue weighted by atomic mass is 16.2. The number of anilines is 1. The van der Waals surface area contributed by atoms with Crippen molar-refractivity contribution >= 4 is 23.2 Å². The normalized spacial score (nSPS) is 15.5. The molecule has 128 valence electrons. The van der Waals surface area contributed by atoms with Gasteiger partial charge in [-0.2, -0.15) is 5.10 Å². The van der Waals surface area contributed by atoms with E-state index >= 15 is 0 Å². The van der Waals surface area contributed by atoms with Crippen molar-refractivity contribution in [1.29, 1.82) is 0 Å². The minimum atomic E-state index is -0.232. The summed E-state index contributed by atoms with van der Waals surface area (Å²) in [5, 5.41) is 8.59. The molecule has 0 saturated heterocycles. The van der Waals surface area contributed by atoms with E-state index in [0.717, 1.165) is 11.1 Å². The van der Waals surface area contributed by atoms with E-state index in [4.69, 9.17) is 0 Å². The van der Waals surface area contributed by atoms with Crippen LogP contribution in [0.3, 0.4) is 0 Å². The van der Waals surface area contributed by atoms with E-state index < -0.39 is 0 Å². The molecular formula is C20H21N3O2. The molecule has 5 heteroatoms. The maximum atomic E-state index is 12.6. The smallest absolute Gasteiger partial charge is 0.267 e. The zero-order valence-corrected chi connectivity index (χ0v) is 14.4. The Balaban J connectivity index is 1.77. The van der Waals surface area contributed by atoms with Gasteiger partial charge in [0.25, 0.3) is 5.91 Å². The van der Waals surface area contributed by atoms with Gasteiger partial charge in [0.05, 0.1) is 11.7 Å². The first-order valence-electron chi connectivity index (χ1n) is 8.38. The van der Waals surface area contributed by atoms with Crippen LogP contribution >= 0.6 is 0 Å². The lowest BCUT2D eigenvalue weighted by Gasteiger charge is -2.24. The van der Waals surface area contributed by atoms with Crippen LogP contribution in [0.4, 0.5) is 5.69 Å². The van der Waals surface area contributed by atoms with Gasteiger partial charge in [0.2, 0.25) is 5.91 Å². The molecule has 25 heavy (non-hydrogen) atoms. The zero-order valence-electron chi connectivity index (χ0n) is 14.4. The van der Waals surface area contributed by atoms with Gasteiger partial charge in [-0.3, -0.25) is 9.59 Å². The van der Waals surface area contributed by atoms with Crippen LogP contribution < -0.4 is 10.3 Å². The molecule has 0 fully saturated rings. The second-order valence-electron chi connectivity index (χ2n) is 6.14. The Hall–Kier alpha value is -2.95. The Bertz CT molecular complexity index is 815. The van der Waals surface area contributed by atoms with Gasteiger partial charge in [0, 0.05) is 12.8 Å². The molecule has 1 aliphatic rings. The molecule has 0 spiro atoms. The van der Waals surface area contributed by atoms with Gasteiger partial charge >= 0.3 is 0 Å². The summed E-state index contributed by atoms with van der Waals surface area (Å²) >= 11 is 0. The van der Waals surface area contributed by atoms with E-state index in [1.54, 1.807) is 12.1 Å². The van der Waals surface area contributed by atoms with E-state index in [9.17, 15) is 9.59 Å². The average Bonchev–Trinajstić information content (AvgIpc) is 2.63. The molecule has 1 unspecified atom stereocenters. The Labute approximate surface area is 147 Å². The highest BCUT2D eigenvalue weighted by molar-refractivity contribution is 6.40. The Morgan fingerprint density at radius 1 is 1.08 bits per heavy atom. The molecule has 2 aromatic rings. The van der Waals surface area contributed by atoms with Gasteiger partial charge in [0.1, 0.15) is 5.71 Å². The van der Waals surface area contributed by atoms with Crippen LogP contribution in [0.15, 0.2) is 59.7 Å². The summed E-state index contributed by atoms with van der Waals surface area (Å²) in [5.41, 5.74) is 3.25. The summed E-state index contributed by atoms with van der Waals surface area (Å²) in [4.78, 5) is 24.7. The van der Waals surface area contributed by atoms with Crippen molar-refractivity contribution in [2.24, 2.45) is 5.10 Å². The van der Waals surface area contributed by atoms with Crippen LogP contribution in [0, 0.1) is 6.92 Å². The molecule has 1 atom stereocenters. The Morgan fingerprint density at radius 3 is 2.48 bits per heavy atom. The molecule has 0 bridgehead atoms. The lowest BCUT2D eigenvalue weighted by atomic mass is 10.0. The van der Waals surface area contributed by atoms with Crippen molar-refractivity contribution in [2.45, 2.75) is 32.7 Å². The molecular weight excluding hydrogens is 314 g/mol. The molecule has 1 N–H and O–H groups in total. The number of hydrogen-bond donors (Lipinski definition) is 1. The molecule has 0 aliphatic carbocycles. The van der Waals surface area contributed by atoms with Crippen LogP contribution in [-0.4, -0.2) is 17.5 Å². The topological polar surface area (TPSA) is 61.8 Å². The SMILES string of the molecule is Cc1ccccc1C(C)NC(=O)C1=NN(c2ccccc2)C(=O)CC1. The molecule has 2 amide bonds. The quantitative estimate of drug-likeness (QED) is 0.931. The lowest BCUT2D eigenvalue weighted by molar-refractivity contribution is -0.119. The van der Waals surface area contributed by atoms with E-state index in [0.29, 0.717) is 17.8 Å². The third kappa shape index (κ3) is 3.76. The number of nitrogens with zero attached hydrogens (tertiary/aromatic N) is 2. The van der Waals surface area contributed by atoms with Crippen LogP contribution in [-0.2, 0) is 9.59 Å². The summed E-state index contributed by atoms with van der Waals surface area (Å²) in [6.45, 7) is 3.97. The Morgan fingerprint density at radius 2 is 1.76 bits per heavy atom. The number of hydrogen-bond acceptors (Lipinski definition) is 3. The third-order valence-electron chi connectivity index (χ3n) is 4.30. The first kappa shape index (κ1) is 16.9. The maximum Gasteiger partial charge on any atom is 0.267 e. The maximum absolute atomic E-state index is 12.6. The summed E-state index contributed by atoms with van der Waals surface area (Å²) in [5.74, 6) is -0.334. The number of benzene rings is 2. The van der Waals surface area contributed by atoms with Crippen LogP contribution in [0.25, 0.3) is 0 Å². The van der Waals surface area contributed by atoms with E-state index in [1.807, 2.05) is 56.3 Å². The predicted octanol–water partition coefficient (Wildman–Crippen LogP) is 3.36. The van der Waals surface area contributed by atoms with Crippen molar-refractivity contribution in [1.82, 2.24) is 5.32 Å². The second-order valence-corrected chi connectivity index (χ2v) is 6.14. The number of hydrazone groups is 1. The van der Waals surface area contributed by atoms with Gasteiger partial charge in [0.15, 0.2) is 0 Å². The van der Waals surface area contributed by atoms with Gasteiger partial charge in [-0.1, -0.05) is 42.5 Å². The van der Waals surface area contributed by atoms with Gasteiger partial charge in [-0.15, -0.1) is 0 Å². The van der Waals surface area contributed by atoms with E-state index in [1.165, 1.54) is 5.01 Å². The fourth-order valence-electron chi connectivity index (χ4n) is 2.92. The lowest BCUT2D eigenvalue weighted by Crippen LogP contribution is -2.40. The fourth-order valence-corrected chi connectivity index (χ4v) is 2.92. The standard InChI is InChI=1S/C20H21N3O2/c1-14-8-6-7-11-17(14)15(2)21-20(25)18-12-13-19(24)23(22-18)16-9-4-3-5-10-16/h3-11,15H,12-13H2,1-2H3,(H,21,25).